The average molecular weight is 418 g/mol. The van der Waals surface area contributed by atoms with Crippen molar-refractivity contribution in [3.8, 4) is 0 Å². The fourth-order valence-electron chi connectivity index (χ4n) is 3.37. The predicted octanol–water partition coefficient (Wildman–Crippen LogP) is 3.67. The molecule has 7 heteroatoms. The number of anilines is 4. The molecule has 1 atom stereocenters. The van der Waals surface area contributed by atoms with Gasteiger partial charge in [0.15, 0.2) is 0 Å². The lowest BCUT2D eigenvalue weighted by atomic mass is 10.1. The van der Waals surface area contributed by atoms with Gasteiger partial charge in [-0.05, 0) is 44.3 Å². The van der Waals surface area contributed by atoms with Crippen molar-refractivity contribution in [2.45, 2.75) is 13.1 Å². The molecule has 2 heterocycles. The van der Waals surface area contributed by atoms with Crippen LogP contribution in [0, 0.1) is 0 Å². The topological polar surface area (TPSA) is 43.0 Å². The molecule has 0 amide bonds. The zero-order valence-corrected chi connectivity index (χ0v) is 16.7. The van der Waals surface area contributed by atoms with Gasteiger partial charge in [-0.3, -0.25) is 0 Å². The monoisotopic (exact) mass is 417 g/mol. The number of nitrogens with zero attached hydrogens (tertiary/aromatic N) is 3. The Morgan fingerprint density at radius 1 is 1.04 bits per heavy atom. The van der Waals surface area contributed by atoms with Gasteiger partial charge in [-0.1, -0.05) is 28.1 Å². The minimum atomic E-state index is -0.0362. The minimum absolute atomic E-state index is 0.0362. The first-order chi connectivity index (χ1) is 12.6. The first kappa shape index (κ1) is 17.8. The summed E-state index contributed by atoms with van der Waals surface area (Å²) in [7, 11) is 2.14. The maximum absolute atomic E-state index is 5.89. The highest BCUT2D eigenvalue weighted by molar-refractivity contribution is 9.10. The van der Waals surface area contributed by atoms with Crippen LogP contribution >= 0.6 is 15.9 Å². The van der Waals surface area contributed by atoms with Crippen molar-refractivity contribution in [2.24, 2.45) is 0 Å². The van der Waals surface area contributed by atoms with Crippen LogP contribution in [0.1, 0.15) is 6.92 Å². The lowest BCUT2D eigenvalue weighted by Crippen LogP contribution is -2.50. The number of hydroxylamine groups is 3. The Hall–Kier alpha value is -1.64. The van der Waals surface area contributed by atoms with Crippen LogP contribution in [0.4, 0.5) is 22.7 Å². The Bertz CT molecular complexity index is 778. The molecule has 2 aromatic carbocycles. The maximum Gasteiger partial charge on any atom is 0.106 e. The van der Waals surface area contributed by atoms with Gasteiger partial charge in [0.05, 0.1) is 22.7 Å². The maximum atomic E-state index is 5.89. The molecule has 2 aromatic rings. The van der Waals surface area contributed by atoms with Gasteiger partial charge in [-0.2, -0.15) is 10.5 Å². The number of hydrogen-bond donors (Lipinski definition) is 2. The Labute approximate surface area is 162 Å². The molecule has 0 aliphatic carbocycles. The van der Waals surface area contributed by atoms with Crippen molar-refractivity contribution in [3.05, 3.63) is 46.9 Å². The van der Waals surface area contributed by atoms with Gasteiger partial charge < -0.3 is 15.1 Å². The van der Waals surface area contributed by atoms with Gasteiger partial charge in [0.2, 0.25) is 0 Å². The Kier molecular flexibility index (Phi) is 5.15. The van der Waals surface area contributed by atoms with Crippen molar-refractivity contribution in [3.63, 3.8) is 0 Å². The van der Waals surface area contributed by atoms with Gasteiger partial charge in [-0.15, -0.1) is 0 Å². The molecule has 1 fully saturated rings. The highest BCUT2D eigenvalue weighted by Gasteiger charge is 2.27. The van der Waals surface area contributed by atoms with E-state index in [1.807, 2.05) is 11.1 Å². The summed E-state index contributed by atoms with van der Waals surface area (Å²) in [5.41, 5.74) is 7.64. The van der Waals surface area contributed by atoms with Gasteiger partial charge in [0.25, 0.3) is 0 Å². The highest BCUT2D eigenvalue weighted by Crippen LogP contribution is 2.45. The smallest absolute Gasteiger partial charge is 0.106 e. The molecular formula is C19H24BrN5O. The molecule has 138 valence electrons. The molecule has 0 radical (unpaired) electrons. The second-order valence-corrected chi connectivity index (χ2v) is 7.71. The van der Waals surface area contributed by atoms with Gasteiger partial charge in [0, 0.05) is 30.7 Å². The number of piperazine rings is 1. The summed E-state index contributed by atoms with van der Waals surface area (Å²) in [5, 5.41) is 5.51. The van der Waals surface area contributed by atoms with Gasteiger partial charge >= 0.3 is 0 Å². The lowest BCUT2D eigenvalue weighted by molar-refractivity contribution is -0.229. The van der Waals surface area contributed by atoms with Gasteiger partial charge in [0.1, 0.15) is 6.17 Å². The third-order valence-electron chi connectivity index (χ3n) is 4.85. The van der Waals surface area contributed by atoms with Crippen molar-refractivity contribution >= 4 is 38.7 Å². The third-order valence-corrected chi connectivity index (χ3v) is 5.35. The van der Waals surface area contributed by atoms with Crippen LogP contribution in [0.5, 0.6) is 0 Å². The fraction of sp³-hybridized carbons (Fsp3) is 0.368. The molecule has 1 saturated heterocycles. The second-order valence-electron chi connectivity index (χ2n) is 6.79. The van der Waals surface area contributed by atoms with Crippen LogP contribution < -0.4 is 15.7 Å². The Balaban J connectivity index is 1.55. The predicted molar refractivity (Wildman–Crippen MR) is 109 cm³/mol. The summed E-state index contributed by atoms with van der Waals surface area (Å²) in [6, 6.07) is 14.6. The Morgan fingerprint density at radius 3 is 2.58 bits per heavy atom. The fourth-order valence-corrected chi connectivity index (χ4v) is 3.72. The van der Waals surface area contributed by atoms with Crippen molar-refractivity contribution in [2.75, 3.05) is 43.4 Å². The Morgan fingerprint density at radius 2 is 1.77 bits per heavy atom. The van der Waals surface area contributed by atoms with E-state index in [0.717, 1.165) is 53.4 Å². The van der Waals surface area contributed by atoms with E-state index in [2.05, 4.69) is 86.9 Å². The number of nitrogens with one attached hydrogen (secondary N) is 2. The standard InChI is InChI=1S/C19H24BrN5O/c1-14(22-26-24-11-9-23(2)10-12-24)25-18-6-4-3-5-16(18)21-17-8-7-15(20)13-19(17)25/h3-8,13-14,21-22H,9-12H2,1-2H3. The quantitative estimate of drug-likeness (QED) is 0.739. The van der Waals surface area contributed by atoms with Crippen molar-refractivity contribution in [1.29, 1.82) is 0 Å². The van der Waals surface area contributed by atoms with E-state index in [1.165, 1.54) is 0 Å². The molecule has 0 aromatic heterocycles. The summed E-state index contributed by atoms with van der Waals surface area (Å²) in [4.78, 5) is 10.5. The number of hydrogen-bond acceptors (Lipinski definition) is 6. The number of rotatable bonds is 4. The number of fused-ring (bicyclic) bond motifs is 2. The van der Waals surface area contributed by atoms with E-state index in [-0.39, 0.29) is 6.17 Å². The molecule has 4 rings (SSSR count). The molecule has 2 aliphatic heterocycles. The zero-order chi connectivity index (χ0) is 18.1. The molecule has 0 saturated carbocycles. The molecule has 2 N–H and O–H groups in total. The number of para-hydroxylation sites is 2. The summed E-state index contributed by atoms with van der Waals surface area (Å²) < 4.78 is 1.05. The van der Waals surface area contributed by atoms with E-state index in [1.54, 1.807) is 0 Å². The van der Waals surface area contributed by atoms with E-state index in [9.17, 15) is 0 Å². The van der Waals surface area contributed by atoms with E-state index in [4.69, 9.17) is 4.94 Å². The molecule has 0 spiro atoms. The average Bonchev–Trinajstić information content (AvgIpc) is 2.65. The van der Waals surface area contributed by atoms with Crippen LogP contribution in [0.2, 0.25) is 0 Å². The SMILES string of the molecule is CC(NON1CCN(C)CC1)N1c2ccccc2Nc2ccc(Br)cc21. The zero-order valence-electron chi connectivity index (χ0n) is 15.1. The third kappa shape index (κ3) is 3.58. The lowest BCUT2D eigenvalue weighted by Gasteiger charge is -2.39. The van der Waals surface area contributed by atoms with Crippen molar-refractivity contribution < 1.29 is 4.94 Å². The summed E-state index contributed by atoms with van der Waals surface area (Å²) >= 11 is 3.60. The largest absolute Gasteiger partial charge is 0.352 e. The summed E-state index contributed by atoms with van der Waals surface area (Å²) in [6.45, 7) is 5.94. The molecule has 0 bridgehead atoms. The first-order valence-electron chi connectivity index (χ1n) is 8.92. The van der Waals surface area contributed by atoms with E-state index < -0.39 is 0 Å². The van der Waals surface area contributed by atoms with Crippen LogP contribution in [0.15, 0.2) is 46.9 Å². The first-order valence-corrected chi connectivity index (χ1v) is 9.72. The molecular weight excluding hydrogens is 394 g/mol. The normalized spacial score (nSPS) is 18.8. The van der Waals surface area contributed by atoms with Crippen LogP contribution in [0.3, 0.4) is 0 Å². The molecule has 6 nitrogen and oxygen atoms in total. The summed E-state index contributed by atoms with van der Waals surface area (Å²) in [6.07, 6.45) is -0.0362. The van der Waals surface area contributed by atoms with E-state index in [0.29, 0.717) is 0 Å². The molecule has 2 aliphatic rings. The van der Waals surface area contributed by atoms with E-state index >= 15 is 0 Å². The van der Waals surface area contributed by atoms with Crippen LogP contribution in [-0.4, -0.2) is 49.4 Å². The van der Waals surface area contributed by atoms with Crippen molar-refractivity contribution in [1.82, 2.24) is 15.4 Å². The molecule has 26 heavy (non-hydrogen) atoms. The second kappa shape index (κ2) is 7.54. The minimum Gasteiger partial charge on any atom is -0.352 e. The number of benzene rings is 2. The highest BCUT2D eigenvalue weighted by atomic mass is 79.9. The summed E-state index contributed by atoms with van der Waals surface area (Å²) in [5.74, 6) is 0. The number of halogens is 1. The molecule has 1 unspecified atom stereocenters. The van der Waals surface area contributed by atoms with Gasteiger partial charge in [-0.25, -0.2) is 4.94 Å². The number of likely N-dealkylation sites (N-methyl/N-ethyl adjacent to an activating group) is 1. The van der Waals surface area contributed by atoms with Crippen LogP contribution in [0.25, 0.3) is 0 Å². The van der Waals surface area contributed by atoms with Crippen LogP contribution in [-0.2, 0) is 4.94 Å².